The van der Waals surface area contributed by atoms with Gasteiger partial charge >= 0.3 is 5.63 Å². The van der Waals surface area contributed by atoms with Gasteiger partial charge in [0.1, 0.15) is 10.0 Å². The van der Waals surface area contributed by atoms with Crippen molar-refractivity contribution in [2.24, 2.45) is 0 Å². The molecule has 4 nitrogen and oxygen atoms in total. The van der Waals surface area contributed by atoms with Gasteiger partial charge in [-0.25, -0.2) is 9.78 Å². The fourth-order valence-electron chi connectivity index (χ4n) is 3.73. The largest absolute Gasteiger partial charge is 0.420 e. The maximum absolute atomic E-state index is 12.6. The predicted octanol–water partition coefficient (Wildman–Crippen LogP) is 5.95. The monoisotopic (exact) mass is 420 g/mol. The smallest absolute Gasteiger partial charge is 0.357 e. The van der Waals surface area contributed by atoms with Gasteiger partial charge in [0, 0.05) is 23.9 Å². The molecule has 6 heteroatoms. The molecular weight excluding hydrogens is 404 g/mol. The summed E-state index contributed by atoms with van der Waals surface area (Å²) in [7, 11) is 1.92. The van der Waals surface area contributed by atoms with E-state index in [1.807, 2.05) is 72.6 Å². The quantitative estimate of drug-likeness (QED) is 0.411. The van der Waals surface area contributed by atoms with Gasteiger partial charge < -0.3 is 9.32 Å². The Morgan fingerprint density at radius 3 is 2.45 bits per heavy atom. The van der Waals surface area contributed by atoms with Gasteiger partial charge in [0.15, 0.2) is 5.76 Å². The van der Waals surface area contributed by atoms with Gasteiger partial charge in [-0.3, -0.25) is 0 Å². The van der Waals surface area contributed by atoms with E-state index in [4.69, 9.17) is 21.0 Å². The normalized spacial score (nSPS) is 12.3. The first kappa shape index (κ1) is 18.2. The number of hydrogen-bond donors (Lipinski definition) is 0. The first-order valence-electron chi connectivity index (χ1n) is 9.33. The Morgan fingerprint density at radius 2 is 1.72 bits per heavy atom. The van der Waals surface area contributed by atoms with Crippen molar-refractivity contribution in [1.82, 2.24) is 4.98 Å². The first-order valence-corrected chi connectivity index (χ1v) is 10.5. The zero-order valence-corrected chi connectivity index (χ0v) is 17.3. The summed E-state index contributed by atoms with van der Waals surface area (Å²) in [6.45, 7) is 0. The van der Waals surface area contributed by atoms with Crippen LogP contribution in [0.2, 0.25) is 5.02 Å². The third-order valence-corrected chi connectivity index (χ3v) is 6.64. The highest BCUT2D eigenvalue weighted by molar-refractivity contribution is 7.18. The molecule has 1 aliphatic rings. The lowest BCUT2D eigenvalue weighted by Gasteiger charge is -2.26. The second-order valence-corrected chi connectivity index (χ2v) is 8.29. The molecule has 1 aliphatic carbocycles. The SMILES string of the molecule is CN(c1ccccc1)c1c2c(oc(=O)c1Cl)-c1sc(-c3ccccc3)nc1CC2. The molecule has 2 heterocycles. The van der Waals surface area contributed by atoms with Crippen molar-refractivity contribution in [3.63, 3.8) is 0 Å². The highest BCUT2D eigenvalue weighted by atomic mass is 35.5. The Labute approximate surface area is 177 Å². The summed E-state index contributed by atoms with van der Waals surface area (Å²) >= 11 is 8.00. The third-order valence-electron chi connectivity index (χ3n) is 5.16. The predicted molar refractivity (Wildman–Crippen MR) is 118 cm³/mol. The van der Waals surface area contributed by atoms with E-state index in [2.05, 4.69) is 0 Å². The maximum Gasteiger partial charge on any atom is 0.357 e. The fourth-order valence-corrected chi connectivity index (χ4v) is 5.13. The lowest BCUT2D eigenvalue weighted by molar-refractivity contribution is 0.517. The molecule has 0 atom stereocenters. The summed E-state index contributed by atoms with van der Waals surface area (Å²) in [6.07, 6.45) is 1.50. The summed E-state index contributed by atoms with van der Waals surface area (Å²) in [5.41, 5.74) is 4.14. The van der Waals surface area contributed by atoms with Crippen LogP contribution in [0, 0.1) is 0 Å². The number of fused-ring (bicyclic) bond motifs is 3. The van der Waals surface area contributed by atoms with Crippen molar-refractivity contribution < 1.29 is 4.42 Å². The number of halogens is 1. The van der Waals surface area contributed by atoms with E-state index in [0.29, 0.717) is 11.4 Å². The van der Waals surface area contributed by atoms with Gasteiger partial charge in [-0.05, 0) is 25.0 Å². The molecule has 0 bridgehead atoms. The third kappa shape index (κ3) is 3.07. The number of anilines is 2. The van der Waals surface area contributed by atoms with Gasteiger partial charge in [-0.2, -0.15) is 0 Å². The van der Waals surface area contributed by atoms with E-state index in [9.17, 15) is 4.79 Å². The van der Waals surface area contributed by atoms with Crippen molar-refractivity contribution >= 4 is 34.3 Å². The molecule has 2 aromatic heterocycles. The minimum atomic E-state index is -0.522. The van der Waals surface area contributed by atoms with E-state index in [1.54, 1.807) is 11.3 Å². The van der Waals surface area contributed by atoms with Crippen LogP contribution in [0.5, 0.6) is 0 Å². The lowest BCUT2D eigenvalue weighted by atomic mass is 9.97. The molecule has 29 heavy (non-hydrogen) atoms. The van der Waals surface area contributed by atoms with Crippen LogP contribution in [-0.2, 0) is 12.8 Å². The second-order valence-electron chi connectivity index (χ2n) is 6.92. The topological polar surface area (TPSA) is 46.3 Å². The molecule has 0 radical (unpaired) electrons. The molecule has 0 N–H and O–H groups in total. The molecule has 144 valence electrons. The van der Waals surface area contributed by atoms with Crippen molar-refractivity contribution in [3.8, 4) is 21.2 Å². The van der Waals surface area contributed by atoms with Gasteiger partial charge in [0.05, 0.1) is 16.3 Å². The zero-order valence-electron chi connectivity index (χ0n) is 15.7. The van der Waals surface area contributed by atoms with Crippen LogP contribution in [0.1, 0.15) is 11.3 Å². The van der Waals surface area contributed by atoms with E-state index in [-0.39, 0.29) is 5.02 Å². The van der Waals surface area contributed by atoms with Gasteiger partial charge in [-0.15, -0.1) is 11.3 Å². The fraction of sp³-hybridized carbons (Fsp3) is 0.130. The van der Waals surface area contributed by atoms with Crippen molar-refractivity contribution in [1.29, 1.82) is 0 Å². The van der Waals surface area contributed by atoms with Crippen LogP contribution in [0.3, 0.4) is 0 Å². The minimum Gasteiger partial charge on any atom is -0.420 e. The molecule has 0 saturated carbocycles. The number of benzene rings is 2. The second kappa shape index (κ2) is 7.17. The number of aryl methyl sites for hydroxylation is 1. The first-order chi connectivity index (χ1) is 14.1. The van der Waals surface area contributed by atoms with Gasteiger partial charge in [0.2, 0.25) is 0 Å². The number of rotatable bonds is 3. The Kier molecular flexibility index (Phi) is 4.49. The van der Waals surface area contributed by atoms with Crippen LogP contribution in [0.4, 0.5) is 11.4 Å². The van der Waals surface area contributed by atoms with Crippen molar-refractivity contribution in [3.05, 3.63) is 87.4 Å². The highest BCUT2D eigenvalue weighted by Crippen LogP contribution is 2.45. The number of thiazole rings is 1. The van der Waals surface area contributed by atoms with Crippen LogP contribution in [0.15, 0.2) is 69.9 Å². The van der Waals surface area contributed by atoms with Crippen LogP contribution < -0.4 is 10.5 Å². The van der Waals surface area contributed by atoms with E-state index >= 15 is 0 Å². The van der Waals surface area contributed by atoms with Crippen LogP contribution in [0.25, 0.3) is 21.2 Å². The van der Waals surface area contributed by atoms with Crippen molar-refractivity contribution in [2.45, 2.75) is 12.8 Å². The summed E-state index contributed by atoms with van der Waals surface area (Å²) in [4.78, 5) is 20.3. The van der Waals surface area contributed by atoms with Crippen LogP contribution >= 0.6 is 22.9 Å². The molecule has 2 aromatic carbocycles. The highest BCUT2D eigenvalue weighted by Gasteiger charge is 2.30. The van der Waals surface area contributed by atoms with Gasteiger partial charge in [-0.1, -0.05) is 60.1 Å². The Morgan fingerprint density at radius 1 is 1.03 bits per heavy atom. The number of nitrogens with zero attached hydrogens (tertiary/aromatic N) is 2. The van der Waals surface area contributed by atoms with Crippen molar-refractivity contribution in [2.75, 3.05) is 11.9 Å². The molecule has 0 saturated heterocycles. The molecule has 0 unspecified atom stereocenters. The minimum absolute atomic E-state index is 0.117. The molecular formula is C23H17ClN2O2S. The summed E-state index contributed by atoms with van der Waals surface area (Å²) < 4.78 is 5.69. The van der Waals surface area contributed by atoms with Crippen LogP contribution in [-0.4, -0.2) is 12.0 Å². The molecule has 0 fully saturated rings. The lowest BCUT2D eigenvalue weighted by Crippen LogP contribution is -2.19. The van der Waals surface area contributed by atoms with E-state index in [1.165, 1.54) is 0 Å². The molecule has 4 aromatic rings. The Bertz CT molecular complexity index is 1250. The summed E-state index contributed by atoms with van der Waals surface area (Å²) in [6, 6.07) is 19.9. The number of para-hydroxylation sites is 1. The Hall–Kier alpha value is -2.89. The number of hydrogen-bond acceptors (Lipinski definition) is 5. The standard InChI is InChI=1S/C23H17ClN2O2S/c1-26(15-10-6-3-7-11-15)19-16-12-13-17-21(20(16)28-23(27)18(19)24)29-22(25-17)14-8-4-2-5-9-14/h2-11H,12-13H2,1H3. The molecule has 0 amide bonds. The average Bonchev–Trinajstić information content (AvgIpc) is 3.20. The maximum atomic E-state index is 12.6. The van der Waals surface area contributed by atoms with E-state index in [0.717, 1.165) is 45.2 Å². The van der Waals surface area contributed by atoms with E-state index < -0.39 is 5.63 Å². The Balaban J connectivity index is 1.68. The zero-order chi connectivity index (χ0) is 20.0. The number of aromatic nitrogens is 1. The molecule has 0 spiro atoms. The molecule has 5 rings (SSSR count). The summed E-state index contributed by atoms with van der Waals surface area (Å²) in [5.74, 6) is 0.595. The average molecular weight is 421 g/mol. The summed E-state index contributed by atoms with van der Waals surface area (Å²) in [5, 5.41) is 1.05. The van der Waals surface area contributed by atoms with Gasteiger partial charge in [0.25, 0.3) is 0 Å². The molecule has 0 aliphatic heterocycles.